The van der Waals surface area contributed by atoms with Crippen LogP contribution in [-0.4, -0.2) is 16.9 Å². The highest BCUT2D eigenvalue weighted by molar-refractivity contribution is 5.95. The molecule has 0 saturated carbocycles. The van der Waals surface area contributed by atoms with Crippen LogP contribution in [0.2, 0.25) is 0 Å². The molecule has 1 aromatic rings. The van der Waals surface area contributed by atoms with Gasteiger partial charge in [0.1, 0.15) is 0 Å². The molecule has 1 aromatic heterocycles. The Hall–Kier alpha value is -1.86. The molecule has 0 bridgehead atoms. The normalized spacial score (nSPS) is 11.5. The van der Waals surface area contributed by atoms with E-state index in [1.807, 2.05) is 13.0 Å². The number of nitrogens with one attached hydrogen (secondary N) is 1. The van der Waals surface area contributed by atoms with Gasteiger partial charge >= 0.3 is 0 Å². The van der Waals surface area contributed by atoms with Gasteiger partial charge < -0.3 is 11.1 Å². The van der Waals surface area contributed by atoms with Crippen molar-refractivity contribution in [3.05, 3.63) is 24.0 Å². The van der Waals surface area contributed by atoms with E-state index in [0.717, 1.165) is 5.56 Å². The van der Waals surface area contributed by atoms with Crippen molar-refractivity contribution in [2.75, 3.05) is 5.32 Å². The number of nitrogens with zero attached hydrogens (tertiary/aromatic N) is 1. The summed E-state index contributed by atoms with van der Waals surface area (Å²) in [5.41, 5.74) is 7.15. The second-order valence-corrected chi connectivity index (χ2v) is 3.19. The van der Waals surface area contributed by atoms with Crippen molar-refractivity contribution in [3.8, 4) is 12.3 Å². The van der Waals surface area contributed by atoms with Gasteiger partial charge in [-0.15, -0.1) is 12.3 Å². The van der Waals surface area contributed by atoms with Crippen LogP contribution in [0.15, 0.2) is 18.5 Å². The fourth-order valence-corrected chi connectivity index (χ4v) is 1.04. The highest BCUT2D eigenvalue weighted by Crippen LogP contribution is 2.11. The molecule has 0 aliphatic rings. The molecule has 0 aromatic carbocycles. The van der Waals surface area contributed by atoms with Crippen LogP contribution in [0.5, 0.6) is 0 Å². The summed E-state index contributed by atoms with van der Waals surface area (Å²) in [6, 6.07) is 1.14. The molecular weight excluding hydrogens is 190 g/mol. The maximum absolute atomic E-state index is 11.5. The maximum Gasteiger partial charge on any atom is 0.242 e. The lowest BCUT2D eigenvalue weighted by Gasteiger charge is -2.10. The van der Waals surface area contributed by atoms with Gasteiger partial charge in [-0.2, -0.15) is 0 Å². The van der Waals surface area contributed by atoms with Gasteiger partial charge in [-0.25, -0.2) is 0 Å². The molecule has 0 radical (unpaired) electrons. The SMILES string of the molecule is C#CCC(N)C(=O)Nc1cnccc1C. The van der Waals surface area contributed by atoms with Crippen molar-refractivity contribution in [3.63, 3.8) is 0 Å². The van der Waals surface area contributed by atoms with E-state index < -0.39 is 6.04 Å². The molecule has 1 rings (SSSR count). The highest BCUT2D eigenvalue weighted by Gasteiger charge is 2.12. The summed E-state index contributed by atoms with van der Waals surface area (Å²) in [7, 11) is 0. The van der Waals surface area contributed by atoms with Crippen LogP contribution in [0.4, 0.5) is 5.69 Å². The number of rotatable bonds is 3. The van der Waals surface area contributed by atoms with Crippen molar-refractivity contribution in [1.82, 2.24) is 4.98 Å². The fraction of sp³-hybridized carbons (Fsp3) is 0.273. The van der Waals surface area contributed by atoms with E-state index in [2.05, 4.69) is 16.2 Å². The van der Waals surface area contributed by atoms with E-state index in [4.69, 9.17) is 12.2 Å². The average Bonchev–Trinajstić information content (AvgIpc) is 2.21. The van der Waals surface area contributed by atoms with E-state index >= 15 is 0 Å². The number of carbonyl (C=O) groups excluding carboxylic acids is 1. The number of amides is 1. The van der Waals surface area contributed by atoms with Crippen molar-refractivity contribution >= 4 is 11.6 Å². The number of hydrogen-bond donors (Lipinski definition) is 2. The van der Waals surface area contributed by atoms with Crippen LogP contribution in [0.25, 0.3) is 0 Å². The molecule has 78 valence electrons. The van der Waals surface area contributed by atoms with Gasteiger partial charge in [0.2, 0.25) is 5.91 Å². The average molecular weight is 203 g/mol. The molecule has 0 spiro atoms. The molecule has 0 aliphatic heterocycles. The number of terminal acetylenes is 1. The molecule has 1 atom stereocenters. The van der Waals surface area contributed by atoms with Crippen molar-refractivity contribution in [2.24, 2.45) is 5.73 Å². The molecular formula is C11H13N3O. The smallest absolute Gasteiger partial charge is 0.242 e. The lowest BCUT2D eigenvalue weighted by Crippen LogP contribution is -2.35. The first kappa shape index (κ1) is 11.2. The van der Waals surface area contributed by atoms with Gasteiger partial charge in [0.05, 0.1) is 17.9 Å². The summed E-state index contributed by atoms with van der Waals surface area (Å²) >= 11 is 0. The van der Waals surface area contributed by atoms with E-state index in [-0.39, 0.29) is 12.3 Å². The maximum atomic E-state index is 11.5. The Balaban J connectivity index is 2.67. The second-order valence-electron chi connectivity index (χ2n) is 3.19. The number of carbonyl (C=O) groups is 1. The first-order chi connectivity index (χ1) is 7.15. The summed E-state index contributed by atoms with van der Waals surface area (Å²) in [4.78, 5) is 15.4. The molecule has 4 heteroatoms. The number of anilines is 1. The largest absolute Gasteiger partial charge is 0.323 e. The minimum Gasteiger partial charge on any atom is -0.323 e. The summed E-state index contributed by atoms with van der Waals surface area (Å²) in [6.07, 6.45) is 8.53. The zero-order chi connectivity index (χ0) is 11.3. The predicted molar refractivity (Wildman–Crippen MR) is 59.0 cm³/mol. The quantitative estimate of drug-likeness (QED) is 0.710. The minimum absolute atomic E-state index is 0.227. The van der Waals surface area contributed by atoms with Crippen molar-refractivity contribution in [2.45, 2.75) is 19.4 Å². The molecule has 1 amide bonds. The third-order valence-corrected chi connectivity index (χ3v) is 1.97. The van der Waals surface area contributed by atoms with Gasteiger partial charge in [0, 0.05) is 12.6 Å². The Morgan fingerprint density at radius 3 is 3.13 bits per heavy atom. The second kappa shape index (κ2) is 5.13. The zero-order valence-electron chi connectivity index (χ0n) is 8.53. The monoisotopic (exact) mass is 203 g/mol. The molecule has 0 aliphatic carbocycles. The number of aryl methyl sites for hydroxylation is 1. The molecule has 1 unspecified atom stereocenters. The van der Waals surface area contributed by atoms with Crippen molar-refractivity contribution < 1.29 is 4.79 Å². The Kier molecular flexibility index (Phi) is 3.83. The number of hydrogen-bond acceptors (Lipinski definition) is 3. The molecule has 0 fully saturated rings. The number of aromatic nitrogens is 1. The van der Waals surface area contributed by atoms with Crippen LogP contribution in [0.1, 0.15) is 12.0 Å². The van der Waals surface area contributed by atoms with Gasteiger partial charge in [-0.3, -0.25) is 9.78 Å². The first-order valence-electron chi connectivity index (χ1n) is 4.55. The number of nitrogens with two attached hydrogens (primary N) is 1. The minimum atomic E-state index is -0.672. The lowest BCUT2D eigenvalue weighted by molar-refractivity contribution is -0.117. The summed E-state index contributed by atoms with van der Waals surface area (Å²) < 4.78 is 0. The third-order valence-electron chi connectivity index (χ3n) is 1.97. The van der Waals surface area contributed by atoms with Gasteiger partial charge in [0.15, 0.2) is 0 Å². The van der Waals surface area contributed by atoms with E-state index in [9.17, 15) is 4.79 Å². The topological polar surface area (TPSA) is 68.0 Å². The molecule has 15 heavy (non-hydrogen) atoms. The highest BCUT2D eigenvalue weighted by atomic mass is 16.2. The van der Waals surface area contributed by atoms with Gasteiger partial charge in [0.25, 0.3) is 0 Å². The predicted octanol–water partition coefficient (Wildman–Crippen LogP) is 0.679. The summed E-state index contributed by atoms with van der Waals surface area (Å²) in [5, 5.41) is 2.67. The van der Waals surface area contributed by atoms with Crippen LogP contribution < -0.4 is 11.1 Å². The Morgan fingerprint density at radius 2 is 2.53 bits per heavy atom. The van der Waals surface area contributed by atoms with Crippen molar-refractivity contribution in [1.29, 1.82) is 0 Å². The zero-order valence-corrected chi connectivity index (χ0v) is 8.53. The van der Waals surface area contributed by atoms with Gasteiger partial charge in [-0.1, -0.05) is 0 Å². The fourth-order valence-electron chi connectivity index (χ4n) is 1.04. The standard InChI is InChI=1S/C11H13N3O/c1-3-4-9(12)11(15)14-10-7-13-6-5-8(10)2/h1,5-7,9H,4,12H2,2H3,(H,14,15). The lowest BCUT2D eigenvalue weighted by atomic mass is 10.2. The summed E-state index contributed by atoms with van der Waals surface area (Å²) in [6.45, 7) is 1.88. The van der Waals surface area contributed by atoms with E-state index in [1.165, 1.54) is 0 Å². The van der Waals surface area contributed by atoms with E-state index in [0.29, 0.717) is 5.69 Å². The van der Waals surface area contributed by atoms with Crippen LogP contribution in [0.3, 0.4) is 0 Å². The Bertz CT molecular complexity index is 395. The molecule has 3 N–H and O–H groups in total. The first-order valence-corrected chi connectivity index (χ1v) is 4.55. The molecule has 0 saturated heterocycles. The van der Waals surface area contributed by atoms with E-state index in [1.54, 1.807) is 12.4 Å². The Morgan fingerprint density at radius 1 is 1.80 bits per heavy atom. The Labute approximate surface area is 88.9 Å². The van der Waals surface area contributed by atoms with Crippen LogP contribution in [-0.2, 0) is 4.79 Å². The van der Waals surface area contributed by atoms with Crippen LogP contribution in [0, 0.1) is 19.3 Å². The molecule has 4 nitrogen and oxygen atoms in total. The third kappa shape index (κ3) is 3.08. The summed E-state index contributed by atoms with van der Waals surface area (Å²) in [5.74, 6) is 2.06. The van der Waals surface area contributed by atoms with Crippen LogP contribution >= 0.6 is 0 Å². The van der Waals surface area contributed by atoms with Gasteiger partial charge in [-0.05, 0) is 18.6 Å². The number of pyridine rings is 1. The molecule has 1 heterocycles.